The smallest absolute Gasteiger partial charge is 0.322 e. The maximum atomic E-state index is 11.9. The third-order valence-electron chi connectivity index (χ3n) is 3.99. The van der Waals surface area contributed by atoms with Crippen molar-refractivity contribution in [1.29, 1.82) is 0 Å². The van der Waals surface area contributed by atoms with E-state index in [4.69, 9.17) is 16.3 Å². The maximum Gasteiger partial charge on any atom is 0.322 e. The second-order valence-electron chi connectivity index (χ2n) is 5.91. The molecule has 2 heterocycles. The monoisotopic (exact) mass is 361 g/mol. The number of nitrogens with one attached hydrogen (secondary N) is 2. The average Bonchev–Trinajstić information content (AvgIpc) is 2.97. The largest absolute Gasteiger partial charge is 0.494 e. The zero-order valence-electron chi connectivity index (χ0n) is 13.6. The van der Waals surface area contributed by atoms with Gasteiger partial charge in [-0.2, -0.15) is 0 Å². The van der Waals surface area contributed by atoms with Crippen LogP contribution >= 0.6 is 11.6 Å². The van der Waals surface area contributed by atoms with Crippen LogP contribution in [0, 0.1) is 11.8 Å². The number of imide groups is 1. The quantitative estimate of drug-likeness (QED) is 0.573. The predicted molar refractivity (Wildman–Crippen MR) is 92.6 cm³/mol. The molecule has 0 bridgehead atoms. The predicted octanol–water partition coefficient (Wildman–Crippen LogP) is 2.00. The van der Waals surface area contributed by atoms with Crippen LogP contribution < -0.4 is 15.4 Å². The first-order valence-corrected chi connectivity index (χ1v) is 7.89. The van der Waals surface area contributed by atoms with Gasteiger partial charge in [0.2, 0.25) is 0 Å². The van der Waals surface area contributed by atoms with Gasteiger partial charge in [-0.1, -0.05) is 17.5 Å². The van der Waals surface area contributed by atoms with Crippen molar-refractivity contribution in [1.82, 2.24) is 15.2 Å². The number of carbonyl (C=O) groups excluding carboxylic acids is 2. The van der Waals surface area contributed by atoms with Gasteiger partial charge in [-0.25, -0.2) is 4.79 Å². The van der Waals surface area contributed by atoms with Gasteiger partial charge in [0.1, 0.15) is 17.9 Å². The Morgan fingerprint density at radius 2 is 2.16 bits per heavy atom. The summed E-state index contributed by atoms with van der Waals surface area (Å²) in [4.78, 5) is 23.3. The Hall–Kier alpha value is -2.85. The number of amides is 3. The zero-order valence-corrected chi connectivity index (χ0v) is 14.4. The van der Waals surface area contributed by atoms with E-state index in [2.05, 4.69) is 22.5 Å². The van der Waals surface area contributed by atoms with Crippen molar-refractivity contribution in [2.75, 3.05) is 6.61 Å². The van der Waals surface area contributed by atoms with Crippen molar-refractivity contribution in [3.05, 3.63) is 23.4 Å². The Balaban J connectivity index is 1.94. The summed E-state index contributed by atoms with van der Waals surface area (Å²) >= 11 is 6.19. The third-order valence-corrected chi connectivity index (χ3v) is 4.29. The highest BCUT2D eigenvalue weighted by molar-refractivity contribution is 6.33. The minimum absolute atomic E-state index is 0.0491. The zero-order chi connectivity index (χ0) is 18.2. The topological polar surface area (TPSA) is 92.6 Å². The first-order chi connectivity index (χ1) is 11.8. The van der Waals surface area contributed by atoms with Crippen LogP contribution in [0.25, 0.3) is 10.8 Å². The number of urea groups is 1. The number of halogens is 1. The first kappa shape index (κ1) is 17.0. The molecule has 0 radical (unpaired) electrons. The highest BCUT2D eigenvalue weighted by Gasteiger charge is 2.42. The van der Waals surface area contributed by atoms with Crippen LogP contribution in [-0.2, 0) is 11.3 Å². The number of aromatic nitrogens is 1. The van der Waals surface area contributed by atoms with Crippen LogP contribution in [0.1, 0.15) is 13.8 Å². The van der Waals surface area contributed by atoms with E-state index in [1.54, 1.807) is 32.2 Å². The molecule has 1 fully saturated rings. The molecule has 1 aromatic carbocycles. The van der Waals surface area contributed by atoms with Crippen molar-refractivity contribution in [3.63, 3.8) is 0 Å². The number of carbonyl (C=O) groups is 2. The van der Waals surface area contributed by atoms with Gasteiger partial charge in [0.15, 0.2) is 5.88 Å². The highest BCUT2D eigenvalue weighted by Crippen LogP contribution is 2.36. The van der Waals surface area contributed by atoms with Gasteiger partial charge in [0, 0.05) is 17.0 Å². The average molecular weight is 362 g/mol. The molecular formula is C17H16ClN3O4. The Kier molecular flexibility index (Phi) is 4.23. The Morgan fingerprint density at radius 1 is 1.40 bits per heavy atom. The van der Waals surface area contributed by atoms with E-state index in [0.29, 0.717) is 21.5 Å². The lowest BCUT2D eigenvalue weighted by atomic mass is 10.0. The van der Waals surface area contributed by atoms with E-state index in [-0.39, 0.29) is 19.0 Å². The minimum Gasteiger partial charge on any atom is -0.494 e. The molecule has 130 valence electrons. The fourth-order valence-corrected chi connectivity index (χ4v) is 2.92. The molecule has 7 nitrogen and oxygen atoms in total. The van der Waals surface area contributed by atoms with Gasteiger partial charge in [0.25, 0.3) is 5.91 Å². The Bertz CT molecular complexity index is 941. The summed E-state index contributed by atoms with van der Waals surface area (Å²) in [6, 6.07) is 2.73. The summed E-state index contributed by atoms with van der Waals surface area (Å²) in [5.41, 5.74) is -1.15. The maximum absolute atomic E-state index is 11.9. The molecule has 0 saturated carbocycles. The fraction of sp³-hybridized carbons (Fsp3) is 0.294. The molecule has 1 aliphatic heterocycles. The molecule has 3 amide bonds. The lowest BCUT2D eigenvalue weighted by Gasteiger charge is -2.21. The van der Waals surface area contributed by atoms with Gasteiger partial charge in [-0.15, -0.1) is 5.92 Å². The van der Waals surface area contributed by atoms with Gasteiger partial charge < -0.3 is 19.7 Å². The van der Waals surface area contributed by atoms with Crippen LogP contribution in [-0.4, -0.2) is 33.8 Å². The van der Waals surface area contributed by atoms with E-state index in [0.717, 1.165) is 0 Å². The van der Waals surface area contributed by atoms with Crippen molar-refractivity contribution in [2.24, 2.45) is 0 Å². The molecule has 3 N–H and O–H groups in total. The number of rotatable bonds is 4. The molecule has 0 spiro atoms. The molecule has 1 saturated heterocycles. The molecular weight excluding hydrogens is 346 g/mol. The number of hydrogen-bond donors (Lipinski definition) is 3. The van der Waals surface area contributed by atoms with Crippen molar-refractivity contribution in [3.8, 4) is 23.5 Å². The fourth-order valence-electron chi connectivity index (χ4n) is 2.70. The normalized spacial score (nSPS) is 19.3. The number of ether oxygens (including phenoxy) is 1. The van der Waals surface area contributed by atoms with Gasteiger partial charge in [0.05, 0.1) is 11.6 Å². The summed E-state index contributed by atoms with van der Waals surface area (Å²) in [5.74, 6) is 5.46. The molecule has 25 heavy (non-hydrogen) atoms. The van der Waals surface area contributed by atoms with E-state index in [9.17, 15) is 14.7 Å². The van der Waals surface area contributed by atoms with Crippen molar-refractivity contribution < 1.29 is 19.4 Å². The lowest BCUT2D eigenvalue weighted by molar-refractivity contribution is -0.123. The summed E-state index contributed by atoms with van der Waals surface area (Å²) in [5, 5.41) is 16.7. The van der Waals surface area contributed by atoms with E-state index in [1.165, 1.54) is 4.57 Å². The van der Waals surface area contributed by atoms with E-state index >= 15 is 0 Å². The SMILES string of the molecule is CC#CCOc1cc2cn(CC3(C)NC(=O)NC3=O)c(O)c2cc1Cl. The van der Waals surface area contributed by atoms with Crippen molar-refractivity contribution in [2.45, 2.75) is 25.9 Å². The molecule has 1 aliphatic rings. The van der Waals surface area contributed by atoms with Gasteiger partial charge in [-0.3, -0.25) is 10.1 Å². The molecule has 1 atom stereocenters. The number of hydrogen-bond acceptors (Lipinski definition) is 4. The molecule has 1 unspecified atom stereocenters. The Labute approximate surface area is 148 Å². The van der Waals surface area contributed by atoms with Crippen LogP contribution in [0.15, 0.2) is 18.3 Å². The number of aromatic hydroxyl groups is 1. The van der Waals surface area contributed by atoms with Crippen molar-refractivity contribution >= 4 is 34.3 Å². The first-order valence-electron chi connectivity index (χ1n) is 7.51. The standard InChI is InChI=1S/C17H16ClN3O4/c1-3-4-5-25-13-6-10-8-21(14(22)11(10)7-12(13)18)9-17(2)15(23)19-16(24)20-17/h6-8,22H,5,9H2,1-2H3,(H2,19,20,23,24). The number of nitrogens with zero attached hydrogens (tertiary/aromatic N) is 1. The highest BCUT2D eigenvalue weighted by atomic mass is 35.5. The Morgan fingerprint density at radius 3 is 2.80 bits per heavy atom. The number of benzene rings is 1. The van der Waals surface area contributed by atoms with Crippen LogP contribution in [0.5, 0.6) is 11.6 Å². The third kappa shape index (κ3) is 3.08. The van der Waals surface area contributed by atoms with Gasteiger partial charge >= 0.3 is 6.03 Å². The van der Waals surface area contributed by atoms with Crippen LogP contribution in [0.4, 0.5) is 4.79 Å². The van der Waals surface area contributed by atoms with E-state index < -0.39 is 17.5 Å². The second-order valence-corrected chi connectivity index (χ2v) is 6.31. The summed E-state index contributed by atoms with van der Waals surface area (Å²) in [6.45, 7) is 3.58. The molecule has 3 rings (SSSR count). The van der Waals surface area contributed by atoms with Crippen LogP contribution in [0.3, 0.4) is 0 Å². The summed E-state index contributed by atoms with van der Waals surface area (Å²) in [7, 11) is 0. The summed E-state index contributed by atoms with van der Waals surface area (Å²) < 4.78 is 6.99. The van der Waals surface area contributed by atoms with Crippen LogP contribution in [0.2, 0.25) is 5.02 Å². The lowest BCUT2D eigenvalue weighted by Crippen LogP contribution is -2.47. The molecule has 0 aliphatic carbocycles. The van der Waals surface area contributed by atoms with Gasteiger partial charge in [-0.05, 0) is 26.0 Å². The molecule has 1 aromatic heterocycles. The minimum atomic E-state index is -1.15. The molecule has 8 heteroatoms. The molecule has 2 aromatic rings. The van der Waals surface area contributed by atoms with E-state index in [1.807, 2.05) is 0 Å². The second kappa shape index (κ2) is 6.22. The number of fused-ring (bicyclic) bond motifs is 1. The summed E-state index contributed by atoms with van der Waals surface area (Å²) in [6.07, 6.45) is 1.67.